The first kappa shape index (κ1) is 12.9. The number of nitrogens with one attached hydrogen (secondary N) is 1. The summed E-state index contributed by atoms with van der Waals surface area (Å²) in [6.07, 6.45) is 0. The average Bonchev–Trinajstić information content (AvgIpc) is 2.47. The molecule has 1 aliphatic rings. The Hall–Kier alpha value is -1.59. The number of benzene rings is 1. The topological polar surface area (TPSA) is 52.7 Å². The summed E-state index contributed by atoms with van der Waals surface area (Å²) in [5.41, 5.74) is 0.399. The van der Waals surface area contributed by atoms with E-state index in [1.165, 1.54) is 0 Å². The van der Waals surface area contributed by atoms with Crippen molar-refractivity contribution in [2.75, 3.05) is 26.2 Å². The van der Waals surface area contributed by atoms with Gasteiger partial charge in [0.1, 0.15) is 0 Å². The molecule has 1 N–H and O–H groups in total. The van der Waals surface area contributed by atoms with E-state index in [0.29, 0.717) is 23.1 Å². The molecule has 0 spiro atoms. The lowest BCUT2D eigenvalue weighted by Crippen LogP contribution is -2.50. The van der Waals surface area contributed by atoms with Gasteiger partial charge in [-0.3, -0.25) is 4.79 Å². The molecular weight excluding hydrogens is 254 g/mol. The molecule has 0 aromatic heterocycles. The van der Waals surface area contributed by atoms with Gasteiger partial charge in [-0.05, 0) is 12.1 Å². The predicted octanol–water partition coefficient (Wildman–Crippen LogP) is 1.31. The van der Waals surface area contributed by atoms with Crippen LogP contribution in [0.15, 0.2) is 30.3 Å². The summed E-state index contributed by atoms with van der Waals surface area (Å²) in [5.74, 6) is -0.499. The number of rotatable bonds is 1. The van der Waals surface area contributed by atoms with E-state index in [2.05, 4.69) is 5.32 Å². The first-order chi connectivity index (χ1) is 8.70. The van der Waals surface area contributed by atoms with Crippen LogP contribution < -0.4 is 5.32 Å². The molecule has 0 unspecified atom stereocenters. The summed E-state index contributed by atoms with van der Waals surface area (Å²) < 4.78 is 0.653. The van der Waals surface area contributed by atoms with Crippen molar-refractivity contribution in [2.45, 2.75) is 0 Å². The molecule has 1 aromatic rings. The van der Waals surface area contributed by atoms with Gasteiger partial charge in [-0.25, -0.2) is 4.79 Å². The number of carbonyl (C=O) groups is 2. The van der Waals surface area contributed by atoms with Crippen LogP contribution in [0, 0.1) is 0 Å². The van der Waals surface area contributed by atoms with Crippen molar-refractivity contribution < 1.29 is 9.59 Å². The minimum absolute atomic E-state index is 0.399. The number of nitrogens with zero attached hydrogens (tertiary/aromatic N) is 2. The highest BCUT2D eigenvalue weighted by Gasteiger charge is 2.26. The van der Waals surface area contributed by atoms with Gasteiger partial charge in [0.15, 0.2) is 0 Å². The van der Waals surface area contributed by atoms with Gasteiger partial charge in [0.25, 0.3) is 5.91 Å². The van der Waals surface area contributed by atoms with Gasteiger partial charge in [0, 0.05) is 43.5 Å². The summed E-state index contributed by atoms with van der Waals surface area (Å²) in [7, 11) is 0. The van der Waals surface area contributed by atoms with Crippen LogP contribution in [0.2, 0.25) is 0 Å². The Kier molecular flexibility index (Phi) is 4.17. The number of urea groups is 1. The molecule has 0 saturated carbocycles. The fraction of sp³-hybridized carbons (Fsp3) is 0.333. The maximum atomic E-state index is 12.0. The minimum Gasteiger partial charge on any atom is -0.321 e. The monoisotopic (exact) mass is 267 g/mol. The molecule has 2 rings (SSSR count). The fourth-order valence-electron chi connectivity index (χ4n) is 1.76. The summed E-state index contributed by atoms with van der Waals surface area (Å²) >= 11 is 5.82. The molecule has 0 radical (unpaired) electrons. The van der Waals surface area contributed by atoms with Gasteiger partial charge in [-0.15, -0.1) is 0 Å². The van der Waals surface area contributed by atoms with Crippen LogP contribution in [0.1, 0.15) is 10.4 Å². The Morgan fingerprint density at radius 2 is 1.78 bits per heavy atom. The normalized spacial score (nSPS) is 15.3. The van der Waals surface area contributed by atoms with E-state index in [1.807, 2.05) is 0 Å². The zero-order valence-corrected chi connectivity index (χ0v) is 10.6. The SMILES string of the molecule is O=C(c1ccccc1)N(Cl)C(=O)N1CCNCC1. The first-order valence-corrected chi connectivity index (χ1v) is 6.09. The number of amides is 3. The highest BCUT2D eigenvalue weighted by molar-refractivity contribution is 6.32. The molecule has 0 aliphatic carbocycles. The average molecular weight is 268 g/mol. The van der Waals surface area contributed by atoms with Crippen molar-refractivity contribution in [1.82, 2.24) is 14.6 Å². The highest BCUT2D eigenvalue weighted by atomic mass is 35.5. The van der Waals surface area contributed by atoms with Crippen LogP contribution in [-0.4, -0.2) is 47.4 Å². The van der Waals surface area contributed by atoms with Gasteiger partial charge in [0.05, 0.1) is 0 Å². The van der Waals surface area contributed by atoms with Crippen molar-refractivity contribution in [1.29, 1.82) is 0 Å². The van der Waals surface area contributed by atoms with E-state index in [1.54, 1.807) is 35.2 Å². The van der Waals surface area contributed by atoms with Crippen molar-refractivity contribution in [3.8, 4) is 0 Å². The molecule has 6 heteroatoms. The first-order valence-electron chi connectivity index (χ1n) is 5.75. The molecule has 3 amide bonds. The molecule has 96 valence electrons. The largest absolute Gasteiger partial charge is 0.342 e. The quantitative estimate of drug-likeness (QED) is 0.781. The van der Waals surface area contributed by atoms with Crippen LogP contribution in [0.25, 0.3) is 0 Å². The third-order valence-electron chi connectivity index (χ3n) is 2.75. The van der Waals surface area contributed by atoms with Crippen LogP contribution >= 0.6 is 11.8 Å². The Morgan fingerprint density at radius 1 is 1.17 bits per heavy atom. The van der Waals surface area contributed by atoms with E-state index >= 15 is 0 Å². The number of carbonyl (C=O) groups excluding carboxylic acids is 2. The molecule has 0 bridgehead atoms. The van der Waals surface area contributed by atoms with Gasteiger partial charge in [-0.2, -0.15) is 4.42 Å². The fourth-order valence-corrected chi connectivity index (χ4v) is 1.97. The Balaban J connectivity index is 2.04. The minimum atomic E-state index is -0.499. The van der Waals surface area contributed by atoms with E-state index < -0.39 is 11.9 Å². The lowest BCUT2D eigenvalue weighted by atomic mass is 10.2. The third-order valence-corrected chi connectivity index (χ3v) is 3.05. The van der Waals surface area contributed by atoms with E-state index in [-0.39, 0.29) is 0 Å². The number of hydrogen-bond acceptors (Lipinski definition) is 3. The Morgan fingerprint density at radius 3 is 2.39 bits per heavy atom. The predicted molar refractivity (Wildman–Crippen MR) is 68.3 cm³/mol. The van der Waals surface area contributed by atoms with E-state index in [0.717, 1.165) is 13.1 Å². The second-order valence-electron chi connectivity index (χ2n) is 3.97. The maximum Gasteiger partial charge on any atom is 0.342 e. The number of halogens is 1. The lowest BCUT2D eigenvalue weighted by Gasteiger charge is -2.29. The second kappa shape index (κ2) is 5.84. The Bertz CT molecular complexity index is 432. The molecule has 18 heavy (non-hydrogen) atoms. The molecule has 1 fully saturated rings. The number of piperazine rings is 1. The van der Waals surface area contributed by atoms with Crippen molar-refractivity contribution >= 4 is 23.7 Å². The Labute approximate surface area is 110 Å². The zero-order chi connectivity index (χ0) is 13.0. The van der Waals surface area contributed by atoms with E-state index in [4.69, 9.17) is 11.8 Å². The summed E-state index contributed by atoms with van der Waals surface area (Å²) in [6.45, 7) is 2.56. The van der Waals surface area contributed by atoms with Crippen LogP contribution in [0.5, 0.6) is 0 Å². The standard InChI is InChI=1S/C12H14ClN3O2/c13-16(11(17)10-4-2-1-3-5-10)12(18)15-8-6-14-7-9-15/h1-5,14H,6-9H2. The van der Waals surface area contributed by atoms with Gasteiger partial charge in [0.2, 0.25) is 0 Å². The molecule has 1 aliphatic heterocycles. The van der Waals surface area contributed by atoms with Crippen molar-refractivity contribution in [2.24, 2.45) is 0 Å². The highest BCUT2D eigenvalue weighted by Crippen LogP contribution is 2.10. The number of imide groups is 1. The lowest BCUT2D eigenvalue weighted by molar-refractivity contribution is 0.0857. The molecule has 0 atom stereocenters. The third kappa shape index (κ3) is 2.80. The van der Waals surface area contributed by atoms with Crippen molar-refractivity contribution in [3.05, 3.63) is 35.9 Å². The van der Waals surface area contributed by atoms with Gasteiger partial charge >= 0.3 is 6.03 Å². The van der Waals surface area contributed by atoms with Gasteiger partial charge in [-0.1, -0.05) is 18.2 Å². The van der Waals surface area contributed by atoms with Crippen LogP contribution in [0.3, 0.4) is 0 Å². The molecule has 1 aromatic carbocycles. The van der Waals surface area contributed by atoms with Gasteiger partial charge < -0.3 is 10.2 Å². The molecular formula is C12H14ClN3O2. The smallest absolute Gasteiger partial charge is 0.321 e. The summed E-state index contributed by atoms with van der Waals surface area (Å²) in [5, 5.41) is 3.13. The van der Waals surface area contributed by atoms with E-state index in [9.17, 15) is 9.59 Å². The molecule has 1 heterocycles. The number of hydrogen-bond donors (Lipinski definition) is 1. The van der Waals surface area contributed by atoms with Crippen LogP contribution in [0.4, 0.5) is 4.79 Å². The molecule has 1 saturated heterocycles. The molecule has 5 nitrogen and oxygen atoms in total. The van der Waals surface area contributed by atoms with Crippen LogP contribution in [-0.2, 0) is 0 Å². The second-order valence-corrected chi connectivity index (χ2v) is 4.31. The maximum absolute atomic E-state index is 12.0. The summed E-state index contributed by atoms with van der Waals surface area (Å²) in [4.78, 5) is 25.5. The van der Waals surface area contributed by atoms with Crippen molar-refractivity contribution in [3.63, 3.8) is 0 Å². The summed E-state index contributed by atoms with van der Waals surface area (Å²) in [6, 6.07) is 8.05. The zero-order valence-electron chi connectivity index (χ0n) is 9.80.